The van der Waals surface area contributed by atoms with Crippen LogP contribution in [-0.2, 0) is 21.5 Å². The molecule has 2 N–H and O–H groups in total. The molecule has 5 aromatic rings. The van der Waals surface area contributed by atoms with Crippen molar-refractivity contribution in [1.82, 2.24) is 30.0 Å². The van der Waals surface area contributed by atoms with Gasteiger partial charge >= 0.3 is 6.09 Å². The van der Waals surface area contributed by atoms with Crippen LogP contribution in [-0.4, -0.2) is 55.7 Å². The Balaban J connectivity index is 1.39. The Labute approximate surface area is 264 Å². The van der Waals surface area contributed by atoms with Gasteiger partial charge in [0.25, 0.3) is 11.4 Å². The topological polar surface area (TPSA) is 171 Å². The summed E-state index contributed by atoms with van der Waals surface area (Å²) >= 11 is 0. The van der Waals surface area contributed by atoms with Crippen LogP contribution in [0.3, 0.4) is 0 Å². The molecule has 3 aromatic heterocycles. The summed E-state index contributed by atoms with van der Waals surface area (Å²) in [7, 11) is 1.16. The van der Waals surface area contributed by atoms with E-state index in [1.165, 1.54) is 6.20 Å². The molecule has 13 heteroatoms. The van der Waals surface area contributed by atoms with Crippen molar-refractivity contribution in [3.05, 3.63) is 101 Å². The molecule has 0 bridgehead atoms. The van der Waals surface area contributed by atoms with Crippen LogP contribution in [0.5, 0.6) is 0 Å². The third-order valence-corrected chi connectivity index (χ3v) is 7.55. The van der Waals surface area contributed by atoms with Crippen molar-refractivity contribution < 1.29 is 23.5 Å². The molecule has 0 radical (unpaired) electrons. The van der Waals surface area contributed by atoms with Gasteiger partial charge in [0.05, 0.1) is 30.3 Å². The third-order valence-electron chi connectivity index (χ3n) is 7.55. The molecule has 0 saturated heterocycles. The smallest absolute Gasteiger partial charge is 0.411 e. The standard InChI is InChI=1S/C33H33N7O6/c1-19(2)26(27(42)29-38-39-31(46-29)33(3,4)22-15-21-13-9-10-14-23(21)34-16-22)37-25(41)18-40-28(20-11-7-6-8-12-20)35-17-24(30(40)43)36-32(44)45-5/h6-17,19,26H,18H2,1-5H3,(H,36,44)(H,37,41). The van der Waals surface area contributed by atoms with Gasteiger partial charge in [-0.3, -0.25) is 29.3 Å². The fourth-order valence-corrected chi connectivity index (χ4v) is 4.85. The van der Waals surface area contributed by atoms with Crippen LogP contribution in [0.25, 0.3) is 22.3 Å². The van der Waals surface area contributed by atoms with E-state index in [9.17, 15) is 19.2 Å². The number of nitrogens with zero attached hydrogens (tertiary/aromatic N) is 5. The number of benzene rings is 2. The maximum absolute atomic E-state index is 13.6. The first-order chi connectivity index (χ1) is 22.0. The maximum Gasteiger partial charge on any atom is 0.411 e. The number of aromatic nitrogens is 5. The highest BCUT2D eigenvalue weighted by molar-refractivity contribution is 5.98. The first kappa shape index (κ1) is 31.7. The molecule has 1 unspecified atom stereocenters. The zero-order chi connectivity index (χ0) is 33.0. The molecule has 3 heterocycles. The van der Waals surface area contributed by atoms with Crippen LogP contribution in [0.2, 0.25) is 0 Å². The number of ketones is 1. The van der Waals surface area contributed by atoms with Crippen molar-refractivity contribution in [2.75, 3.05) is 12.4 Å². The Morgan fingerprint density at radius 3 is 2.41 bits per heavy atom. The minimum absolute atomic E-state index is 0.182. The molecule has 46 heavy (non-hydrogen) atoms. The van der Waals surface area contributed by atoms with Crippen molar-refractivity contribution in [2.45, 2.75) is 45.7 Å². The summed E-state index contributed by atoms with van der Waals surface area (Å²) in [5, 5.41) is 14.2. The molecule has 5 rings (SSSR count). The number of para-hydroxylation sites is 1. The summed E-state index contributed by atoms with van der Waals surface area (Å²) in [5.74, 6) is -1.46. The molecule has 0 aliphatic heterocycles. The number of hydrogen-bond acceptors (Lipinski definition) is 10. The number of amides is 2. The second-order valence-corrected chi connectivity index (χ2v) is 11.5. The van der Waals surface area contributed by atoms with E-state index < -0.39 is 41.3 Å². The number of rotatable bonds is 10. The molecule has 0 aliphatic rings. The zero-order valence-electron chi connectivity index (χ0n) is 26.0. The predicted octanol–water partition coefficient (Wildman–Crippen LogP) is 4.37. The van der Waals surface area contributed by atoms with Gasteiger partial charge < -0.3 is 14.5 Å². The van der Waals surface area contributed by atoms with E-state index in [1.54, 1.807) is 50.4 Å². The van der Waals surface area contributed by atoms with Crippen LogP contribution in [0.1, 0.15) is 49.8 Å². The van der Waals surface area contributed by atoms with E-state index in [0.29, 0.717) is 5.56 Å². The van der Waals surface area contributed by atoms with Gasteiger partial charge in [-0.2, -0.15) is 0 Å². The summed E-state index contributed by atoms with van der Waals surface area (Å²) in [5.41, 5.74) is 0.590. The highest BCUT2D eigenvalue weighted by Crippen LogP contribution is 2.32. The van der Waals surface area contributed by atoms with Gasteiger partial charge in [-0.05, 0) is 37.5 Å². The second-order valence-electron chi connectivity index (χ2n) is 11.5. The van der Waals surface area contributed by atoms with Crippen LogP contribution < -0.4 is 16.2 Å². The van der Waals surface area contributed by atoms with Gasteiger partial charge in [0.15, 0.2) is 0 Å². The number of nitrogens with one attached hydrogen (secondary N) is 2. The summed E-state index contributed by atoms with van der Waals surface area (Å²) in [4.78, 5) is 61.1. The lowest BCUT2D eigenvalue weighted by molar-refractivity contribution is -0.122. The number of fused-ring (bicyclic) bond motifs is 1. The maximum atomic E-state index is 13.6. The Kier molecular flexibility index (Phi) is 9.03. The van der Waals surface area contributed by atoms with Gasteiger partial charge in [-0.25, -0.2) is 9.78 Å². The van der Waals surface area contributed by atoms with Gasteiger partial charge in [0.1, 0.15) is 18.1 Å². The molecule has 0 fully saturated rings. The molecular formula is C33H33N7O6. The lowest BCUT2D eigenvalue weighted by atomic mass is 9.85. The number of ether oxygens (including phenoxy) is 1. The number of carbonyl (C=O) groups excluding carboxylic acids is 3. The van der Waals surface area contributed by atoms with Crippen LogP contribution in [0, 0.1) is 5.92 Å². The quantitative estimate of drug-likeness (QED) is 0.213. The Morgan fingerprint density at radius 2 is 1.70 bits per heavy atom. The molecule has 2 amide bonds. The summed E-state index contributed by atoms with van der Waals surface area (Å²) < 4.78 is 11.6. The molecular weight excluding hydrogens is 590 g/mol. The number of pyridine rings is 1. The van der Waals surface area contributed by atoms with Crippen LogP contribution >= 0.6 is 0 Å². The Hall–Kier alpha value is -5.72. The highest BCUT2D eigenvalue weighted by Gasteiger charge is 2.34. The highest BCUT2D eigenvalue weighted by atomic mass is 16.5. The fourth-order valence-electron chi connectivity index (χ4n) is 4.85. The second kappa shape index (κ2) is 13.1. The number of carbonyl (C=O) groups is 3. The predicted molar refractivity (Wildman–Crippen MR) is 169 cm³/mol. The van der Waals surface area contributed by atoms with Gasteiger partial charge in [-0.1, -0.05) is 62.4 Å². The first-order valence-corrected chi connectivity index (χ1v) is 14.5. The van der Waals surface area contributed by atoms with Gasteiger partial charge in [-0.15, -0.1) is 10.2 Å². The average molecular weight is 624 g/mol. The van der Waals surface area contributed by atoms with Gasteiger partial charge in [0, 0.05) is 17.1 Å². The van der Waals surface area contributed by atoms with Crippen molar-refractivity contribution in [1.29, 1.82) is 0 Å². The van der Waals surface area contributed by atoms with E-state index in [1.807, 2.05) is 44.2 Å². The van der Waals surface area contributed by atoms with Crippen molar-refractivity contribution in [3.8, 4) is 11.4 Å². The van der Waals surface area contributed by atoms with Crippen LogP contribution in [0.15, 0.2) is 82.3 Å². The molecule has 13 nitrogen and oxygen atoms in total. The first-order valence-electron chi connectivity index (χ1n) is 14.5. The summed E-state index contributed by atoms with van der Waals surface area (Å²) in [6.07, 6.45) is 2.06. The summed E-state index contributed by atoms with van der Waals surface area (Å²) in [6.45, 7) is 6.80. The molecule has 1 atom stereocenters. The Bertz CT molecular complexity index is 1970. The molecule has 0 saturated carbocycles. The number of anilines is 1. The fraction of sp³-hybridized carbons (Fsp3) is 0.273. The molecule has 2 aromatic carbocycles. The SMILES string of the molecule is COC(=O)Nc1cnc(-c2ccccc2)n(CC(=O)NC(C(=O)c2nnc(C(C)(C)c3cnc4ccccc4c3)o2)C(C)C)c1=O. The van der Waals surface area contributed by atoms with Crippen LogP contribution in [0.4, 0.5) is 10.5 Å². The number of Topliss-reactive ketones (excluding diaryl/α,β-unsaturated/α-hetero) is 1. The largest absolute Gasteiger partial charge is 0.453 e. The minimum Gasteiger partial charge on any atom is -0.453 e. The van der Waals surface area contributed by atoms with E-state index >= 15 is 0 Å². The monoisotopic (exact) mass is 623 g/mol. The third kappa shape index (κ3) is 6.53. The minimum atomic E-state index is -1.05. The Morgan fingerprint density at radius 1 is 0.978 bits per heavy atom. The van der Waals surface area contributed by atoms with Crippen molar-refractivity contribution in [3.63, 3.8) is 0 Å². The van der Waals surface area contributed by atoms with E-state index in [2.05, 4.69) is 35.5 Å². The van der Waals surface area contributed by atoms with Gasteiger partial charge in [0.2, 0.25) is 17.6 Å². The zero-order valence-corrected chi connectivity index (χ0v) is 26.0. The van der Waals surface area contributed by atoms with Crippen molar-refractivity contribution >= 4 is 34.4 Å². The average Bonchev–Trinajstić information content (AvgIpc) is 3.57. The molecule has 0 aliphatic carbocycles. The number of hydrogen-bond donors (Lipinski definition) is 2. The lowest BCUT2D eigenvalue weighted by Crippen LogP contribution is -2.46. The lowest BCUT2D eigenvalue weighted by Gasteiger charge is -2.21. The van der Waals surface area contributed by atoms with E-state index in [4.69, 9.17) is 4.42 Å². The number of methoxy groups -OCH3 is 1. The molecule has 0 spiro atoms. The summed E-state index contributed by atoms with van der Waals surface area (Å²) in [6, 6.07) is 17.4. The molecule has 236 valence electrons. The van der Waals surface area contributed by atoms with E-state index in [0.717, 1.165) is 28.1 Å². The normalized spacial score (nSPS) is 12.1. The van der Waals surface area contributed by atoms with Crippen molar-refractivity contribution in [2.24, 2.45) is 5.92 Å². The van der Waals surface area contributed by atoms with E-state index in [-0.39, 0.29) is 29.2 Å².